The first kappa shape index (κ1) is 14.0. The van der Waals surface area contributed by atoms with Crippen molar-refractivity contribution in [2.75, 3.05) is 5.32 Å². The summed E-state index contributed by atoms with van der Waals surface area (Å²) in [5, 5.41) is 14.9. The zero-order valence-corrected chi connectivity index (χ0v) is 12.5. The molecule has 2 heterocycles. The van der Waals surface area contributed by atoms with Crippen LogP contribution in [0.25, 0.3) is 16.6 Å². The molecule has 0 radical (unpaired) electrons. The zero-order valence-electron chi connectivity index (χ0n) is 12.5. The Bertz CT molecular complexity index is 990. The number of nitrogens with zero attached hydrogens (tertiary/aromatic N) is 5. The van der Waals surface area contributed by atoms with Crippen molar-refractivity contribution in [3.63, 3.8) is 0 Å². The van der Waals surface area contributed by atoms with Crippen LogP contribution in [0, 0.1) is 0 Å². The summed E-state index contributed by atoms with van der Waals surface area (Å²) in [4.78, 5) is 16.8. The average molecular weight is 316 g/mol. The number of aromatic nitrogens is 5. The molecule has 0 aliphatic carbocycles. The molecule has 7 heteroatoms. The summed E-state index contributed by atoms with van der Waals surface area (Å²) in [6.45, 7) is 0. The SMILES string of the molecule is O=C(Nc1cccc2cccnc12)c1ccc(-n2cnnn2)cc1. The third kappa shape index (κ3) is 2.58. The van der Waals surface area contributed by atoms with Gasteiger partial charge < -0.3 is 5.32 Å². The minimum absolute atomic E-state index is 0.198. The molecular weight excluding hydrogens is 304 g/mol. The number of fused-ring (bicyclic) bond motifs is 1. The van der Waals surface area contributed by atoms with E-state index in [1.807, 2.05) is 30.3 Å². The van der Waals surface area contributed by atoms with Crippen LogP contribution in [0.4, 0.5) is 5.69 Å². The summed E-state index contributed by atoms with van der Waals surface area (Å²) in [6.07, 6.45) is 3.20. The minimum Gasteiger partial charge on any atom is -0.320 e. The van der Waals surface area contributed by atoms with Crippen molar-refractivity contribution < 1.29 is 4.79 Å². The lowest BCUT2D eigenvalue weighted by molar-refractivity contribution is 0.102. The topological polar surface area (TPSA) is 85.6 Å². The molecule has 4 aromatic rings. The normalized spacial score (nSPS) is 10.7. The quantitative estimate of drug-likeness (QED) is 0.627. The Morgan fingerprint density at radius 3 is 2.62 bits per heavy atom. The number of pyridine rings is 1. The average Bonchev–Trinajstić information content (AvgIpc) is 3.17. The molecule has 0 bridgehead atoms. The highest BCUT2D eigenvalue weighted by molar-refractivity contribution is 6.08. The van der Waals surface area contributed by atoms with E-state index in [9.17, 15) is 4.79 Å². The summed E-state index contributed by atoms with van der Waals surface area (Å²) >= 11 is 0. The molecule has 2 aromatic heterocycles. The molecule has 4 rings (SSSR count). The third-order valence-electron chi connectivity index (χ3n) is 3.62. The molecule has 2 aromatic carbocycles. The Balaban J connectivity index is 1.60. The van der Waals surface area contributed by atoms with Crippen LogP contribution >= 0.6 is 0 Å². The van der Waals surface area contributed by atoms with E-state index in [0.29, 0.717) is 11.3 Å². The predicted octanol–water partition coefficient (Wildman–Crippen LogP) is 2.46. The first-order valence-electron chi connectivity index (χ1n) is 7.30. The fourth-order valence-corrected chi connectivity index (χ4v) is 2.44. The Labute approximate surface area is 137 Å². The molecular formula is C17H12N6O. The number of rotatable bonds is 3. The van der Waals surface area contributed by atoms with E-state index in [2.05, 4.69) is 25.8 Å². The molecule has 0 unspecified atom stereocenters. The van der Waals surface area contributed by atoms with Gasteiger partial charge in [-0.05, 0) is 46.8 Å². The van der Waals surface area contributed by atoms with Crippen LogP contribution in [0.3, 0.4) is 0 Å². The number of carbonyl (C=O) groups is 1. The number of hydrogen-bond acceptors (Lipinski definition) is 5. The van der Waals surface area contributed by atoms with Gasteiger partial charge >= 0.3 is 0 Å². The maximum absolute atomic E-state index is 12.5. The number of hydrogen-bond donors (Lipinski definition) is 1. The molecule has 1 amide bonds. The van der Waals surface area contributed by atoms with Gasteiger partial charge in [-0.2, -0.15) is 0 Å². The summed E-state index contributed by atoms with van der Waals surface area (Å²) < 4.78 is 1.52. The molecule has 0 spiro atoms. The summed E-state index contributed by atoms with van der Waals surface area (Å²) in [5.74, 6) is -0.198. The molecule has 0 fully saturated rings. The van der Waals surface area contributed by atoms with Gasteiger partial charge in [-0.3, -0.25) is 9.78 Å². The molecule has 116 valence electrons. The largest absolute Gasteiger partial charge is 0.320 e. The second-order valence-electron chi connectivity index (χ2n) is 5.14. The number of carbonyl (C=O) groups excluding carboxylic acids is 1. The van der Waals surface area contributed by atoms with Gasteiger partial charge in [0, 0.05) is 17.1 Å². The standard InChI is InChI=1S/C17H12N6O/c24-17(13-6-8-14(9-7-13)23-11-19-21-22-23)20-15-5-1-3-12-4-2-10-18-16(12)15/h1-11H,(H,20,24). The monoisotopic (exact) mass is 316 g/mol. The van der Waals surface area contributed by atoms with Gasteiger partial charge in [-0.25, -0.2) is 4.68 Å². The van der Waals surface area contributed by atoms with Crippen molar-refractivity contribution >= 4 is 22.5 Å². The van der Waals surface area contributed by atoms with Crippen LogP contribution in [0.5, 0.6) is 0 Å². The molecule has 0 aliphatic heterocycles. The highest BCUT2D eigenvalue weighted by Gasteiger charge is 2.09. The van der Waals surface area contributed by atoms with Gasteiger partial charge in [0.25, 0.3) is 5.91 Å². The molecule has 0 aliphatic rings. The first-order valence-corrected chi connectivity index (χ1v) is 7.30. The molecule has 0 saturated heterocycles. The number of benzene rings is 2. The van der Waals surface area contributed by atoms with E-state index >= 15 is 0 Å². The van der Waals surface area contributed by atoms with Crippen LogP contribution in [0.2, 0.25) is 0 Å². The number of amides is 1. The summed E-state index contributed by atoms with van der Waals surface area (Å²) in [6, 6.07) is 16.5. The van der Waals surface area contributed by atoms with E-state index in [1.165, 1.54) is 11.0 Å². The zero-order chi connectivity index (χ0) is 16.4. The fraction of sp³-hybridized carbons (Fsp3) is 0. The number of nitrogens with one attached hydrogen (secondary N) is 1. The van der Waals surface area contributed by atoms with Crippen molar-refractivity contribution in [3.8, 4) is 5.69 Å². The smallest absolute Gasteiger partial charge is 0.255 e. The summed E-state index contributed by atoms with van der Waals surface area (Å²) in [7, 11) is 0. The fourth-order valence-electron chi connectivity index (χ4n) is 2.44. The molecule has 1 N–H and O–H groups in total. The maximum Gasteiger partial charge on any atom is 0.255 e. The second kappa shape index (κ2) is 5.88. The Morgan fingerprint density at radius 1 is 1.00 bits per heavy atom. The molecule has 24 heavy (non-hydrogen) atoms. The van der Waals surface area contributed by atoms with E-state index in [-0.39, 0.29) is 5.91 Å². The van der Waals surface area contributed by atoms with Gasteiger partial charge in [0.05, 0.1) is 16.9 Å². The Hall–Kier alpha value is -3.61. The number of anilines is 1. The van der Waals surface area contributed by atoms with E-state index in [1.54, 1.807) is 30.5 Å². The highest BCUT2D eigenvalue weighted by Crippen LogP contribution is 2.21. The third-order valence-corrected chi connectivity index (χ3v) is 3.62. The number of tetrazole rings is 1. The lowest BCUT2D eigenvalue weighted by Crippen LogP contribution is -2.12. The van der Waals surface area contributed by atoms with Crippen molar-refractivity contribution in [2.45, 2.75) is 0 Å². The number of para-hydroxylation sites is 1. The second-order valence-corrected chi connectivity index (χ2v) is 5.14. The van der Waals surface area contributed by atoms with Gasteiger partial charge in [0.2, 0.25) is 0 Å². The van der Waals surface area contributed by atoms with E-state index < -0.39 is 0 Å². The van der Waals surface area contributed by atoms with Crippen molar-refractivity contribution in [1.82, 2.24) is 25.2 Å². The molecule has 7 nitrogen and oxygen atoms in total. The van der Waals surface area contributed by atoms with E-state index in [0.717, 1.165) is 16.6 Å². The van der Waals surface area contributed by atoms with Crippen LogP contribution in [0.1, 0.15) is 10.4 Å². The molecule has 0 atom stereocenters. The van der Waals surface area contributed by atoms with Gasteiger partial charge in [0.15, 0.2) is 0 Å². The lowest BCUT2D eigenvalue weighted by Gasteiger charge is -2.08. The first-order chi connectivity index (χ1) is 11.8. The van der Waals surface area contributed by atoms with Crippen molar-refractivity contribution in [1.29, 1.82) is 0 Å². The Kier molecular flexibility index (Phi) is 3.43. The predicted molar refractivity (Wildman–Crippen MR) is 88.9 cm³/mol. The lowest BCUT2D eigenvalue weighted by atomic mass is 10.1. The summed E-state index contributed by atoms with van der Waals surface area (Å²) in [5.41, 5.74) is 2.77. The van der Waals surface area contributed by atoms with E-state index in [4.69, 9.17) is 0 Å². The van der Waals surface area contributed by atoms with Gasteiger partial charge in [-0.1, -0.05) is 18.2 Å². The minimum atomic E-state index is -0.198. The van der Waals surface area contributed by atoms with Crippen molar-refractivity contribution in [2.24, 2.45) is 0 Å². The van der Waals surface area contributed by atoms with Crippen LogP contribution in [-0.2, 0) is 0 Å². The van der Waals surface area contributed by atoms with Crippen LogP contribution in [0.15, 0.2) is 67.1 Å². The van der Waals surface area contributed by atoms with Crippen molar-refractivity contribution in [3.05, 3.63) is 72.7 Å². The van der Waals surface area contributed by atoms with Gasteiger partial charge in [0.1, 0.15) is 6.33 Å². The van der Waals surface area contributed by atoms with Crippen LogP contribution < -0.4 is 5.32 Å². The van der Waals surface area contributed by atoms with Gasteiger partial charge in [-0.15, -0.1) is 5.10 Å². The highest BCUT2D eigenvalue weighted by atomic mass is 16.1. The maximum atomic E-state index is 12.5. The molecule has 0 saturated carbocycles. The van der Waals surface area contributed by atoms with Crippen LogP contribution in [-0.4, -0.2) is 31.1 Å². The Morgan fingerprint density at radius 2 is 1.83 bits per heavy atom.